The second-order valence-corrected chi connectivity index (χ2v) is 3.52. The molecule has 1 aliphatic rings. The lowest BCUT2D eigenvalue weighted by Gasteiger charge is -2.25. The first kappa shape index (κ1) is 10.5. The van der Waals surface area contributed by atoms with Gasteiger partial charge in [0.1, 0.15) is 0 Å². The zero-order chi connectivity index (χ0) is 9.84. The van der Waals surface area contributed by atoms with E-state index in [1.54, 1.807) is 4.90 Å². The van der Waals surface area contributed by atoms with Gasteiger partial charge >= 0.3 is 0 Å². The van der Waals surface area contributed by atoms with Gasteiger partial charge in [0.25, 0.3) is 0 Å². The largest absolute Gasteiger partial charge is 0.394 e. The highest BCUT2D eigenvalue weighted by Crippen LogP contribution is 2.17. The van der Waals surface area contributed by atoms with E-state index < -0.39 is 6.04 Å². The predicted octanol–water partition coefficient (Wildman–Crippen LogP) is -0.293. The molecule has 0 spiro atoms. The van der Waals surface area contributed by atoms with E-state index in [-0.39, 0.29) is 18.6 Å². The van der Waals surface area contributed by atoms with Crippen LogP contribution < -0.4 is 5.73 Å². The van der Waals surface area contributed by atoms with Crippen molar-refractivity contribution in [2.45, 2.75) is 38.3 Å². The van der Waals surface area contributed by atoms with Gasteiger partial charge in [0.15, 0.2) is 0 Å². The molecule has 1 fully saturated rings. The van der Waals surface area contributed by atoms with Crippen LogP contribution in [-0.2, 0) is 4.79 Å². The van der Waals surface area contributed by atoms with Crippen LogP contribution in [0.4, 0.5) is 0 Å². The van der Waals surface area contributed by atoms with Crippen LogP contribution in [0.2, 0.25) is 0 Å². The molecular formula is C9H18N2O2. The molecule has 4 nitrogen and oxygen atoms in total. The molecule has 2 atom stereocenters. The lowest BCUT2D eigenvalue weighted by atomic mass is 10.2. The summed E-state index contributed by atoms with van der Waals surface area (Å²) in [5, 5.41) is 9.01. The lowest BCUT2D eigenvalue weighted by molar-refractivity contribution is -0.134. The molecule has 76 valence electrons. The van der Waals surface area contributed by atoms with Gasteiger partial charge in [-0.3, -0.25) is 4.79 Å². The van der Waals surface area contributed by atoms with Crippen LogP contribution in [0.1, 0.15) is 26.2 Å². The number of carbonyl (C=O) groups excluding carboxylic acids is 1. The van der Waals surface area contributed by atoms with Crippen LogP contribution >= 0.6 is 0 Å². The minimum absolute atomic E-state index is 0.00472. The topological polar surface area (TPSA) is 66.6 Å². The number of nitrogens with two attached hydrogens (primary N) is 1. The van der Waals surface area contributed by atoms with Gasteiger partial charge in [0.05, 0.1) is 18.7 Å². The Bertz CT molecular complexity index is 184. The minimum atomic E-state index is -0.396. The molecule has 1 rings (SSSR count). The first-order chi connectivity index (χ1) is 6.20. The normalized spacial score (nSPS) is 24.8. The first-order valence-corrected chi connectivity index (χ1v) is 4.87. The number of carbonyl (C=O) groups is 1. The Hall–Kier alpha value is -0.610. The maximum absolute atomic E-state index is 11.6. The van der Waals surface area contributed by atoms with E-state index >= 15 is 0 Å². The third-order valence-corrected chi connectivity index (χ3v) is 2.63. The fourth-order valence-corrected chi connectivity index (χ4v) is 1.70. The predicted molar refractivity (Wildman–Crippen MR) is 50.1 cm³/mol. The van der Waals surface area contributed by atoms with Crippen molar-refractivity contribution >= 4 is 5.91 Å². The maximum atomic E-state index is 11.6. The minimum Gasteiger partial charge on any atom is -0.394 e. The molecule has 0 aromatic heterocycles. The second-order valence-electron chi connectivity index (χ2n) is 3.52. The highest BCUT2D eigenvalue weighted by molar-refractivity contribution is 5.82. The van der Waals surface area contributed by atoms with E-state index in [4.69, 9.17) is 10.8 Å². The van der Waals surface area contributed by atoms with Gasteiger partial charge in [0.2, 0.25) is 5.91 Å². The Morgan fingerprint density at radius 3 is 3.00 bits per heavy atom. The van der Waals surface area contributed by atoms with E-state index in [1.165, 1.54) is 0 Å². The number of hydrogen-bond donors (Lipinski definition) is 2. The summed E-state index contributed by atoms with van der Waals surface area (Å²) in [7, 11) is 0. The van der Waals surface area contributed by atoms with E-state index in [1.807, 2.05) is 6.92 Å². The monoisotopic (exact) mass is 186 g/mol. The summed E-state index contributed by atoms with van der Waals surface area (Å²) in [5.74, 6) is -0.0148. The van der Waals surface area contributed by atoms with Gasteiger partial charge in [-0.05, 0) is 19.3 Å². The van der Waals surface area contributed by atoms with Crippen LogP contribution in [0.3, 0.4) is 0 Å². The Morgan fingerprint density at radius 1 is 1.77 bits per heavy atom. The summed E-state index contributed by atoms with van der Waals surface area (Å²) >= 11 is 0. The van der Waals surface area contributed by atoms with Gasteiger partial charge < -0.3 is 15.7 Å². The first-order valence-electron chi connectivity index (χ1n) is 4.87. The van der Waals surface area contributed by atoms with Crippen LogP contribution in [0, 0.1) is 0 Å². The third-order valence-electron chi connectivity index (χ3n) is 2.63. The average Bonchev–Trinajstić information content (AvgIpc) is 2.62. The highest BCUT2D eigenvalue weighted by atomic mass is 16.3. The third kappa shape index (κ3) is 2.19. The van der Waals surface area contributed by atoms with Gasteiger partial charge in [-0.2, -0.15) is 0 Å². The standard InChI is InChI=1S/C9H18N2O2/c1-2-8(10)9(13)11-5-3-4-7(11)6-12/h7-8,12H,2-6,10H2,1H3. The summed E-state index contributed by atoms with van der Waals surface area (Å²) in [6.07, 6.45) is 2.54. The van der Waals surface area contributed by atoms with Crippen molar-refractivity contribution in [3.05, 3.63) is 0 Å². The number of hydrogen-bond acceptors (Lipinski definition) is 3. The molecule has 1 amide bonds. The Kier molecular flexibility index (Phi) is 3.69. The van der Waals surface area contributed by atoms with Crippen LogP contribution in [0.15, 0.2) is 0 Å². The number of rotatable bonds is 3. The fraction of sp³-hybridized carbons (Fsp3) is 0.889. The number of amides is 1. The molecule has 4 heteroatoms. The molecule has 0 aliphatic carbocycles. The molecule has 1 saturated heterocycles. The van der Waals surface area contributed by atoms with Crippen molar-refractivity contribution in [2.75, 3.05) is 13.2 Å². The molecule has 13 heavy (non-hydrogen) atoms. The number of aliphatic hydroxyl groups is 1. The van der Waals surface area contributed by atoms with Crippen molar-refractivity contribution in [1.82, 2.24) is 4.90 Å². The molecule has 1 heterocycles. The summed E-state index contributed by atoms with van der Waals surface area (Å²) < 4.78 is 0. The SMILES string of the molecule is CCC(N)C(=O)N1CCCC1CO. The van der Waals surface area contributed by atoms with Crippen LogP contribution in [0.5, 0.6) is 0 Å². The van der Waals surface area contributed by atoms with E-state index in [9.17, 15) is 4.79 Å². The average molecular weight is 186 g/mol. The zero-order valence-electron chi connectivity index (χ0n) is 8.07. The van der Waals surface area contributed by atoms with Crippen LogP contribution in [0.25, 0.3) is 0 Å². The highest BCUT2D eigenvalue weighted by Gasteiger charge is 2.30. The molecule has 3 N–H and O–H groups in total. The molecule has 0 bridgehead atoms. The van der Waals surface area contributed by atoms with Crippen LogP contribution in [-0.4, -0.2) is 41.1 Å². The number of likely N-dealkylation sites (tertiary alicyclic amines) is 1. The molecule has 2 unspecified atom stereocenters. The Balaban J connectivity index is 2.54. The van der Waals surface area contributed by atoms with Gasteiger partial charge in [-0.1, -0.05) is 6.92 Å². The van der Waals surface area contributed by atoms with E-state index in [2.05, 4.69) is 0 Å². The summed E-state index contributed by atoms with van der Waals surface area (Å²) in [5.41, 5.74) is 5.64. The molecule has 0 saturated carbocycles. The molecule has 0 aromatic rings. The smallest absolute Gasteiger partial charge is 0.239 e. The summed E-state index contributed by atoms with van der Waals surface area (Å²) in [6.45, 7) is 2.70. The molecule has 0 aromatic carbocycles. The Morgan fingerprint density at radius 2 is 2.46 bits per heavy atom. The van der Waals surface area contributed by atoms with Crippen molar-refractivity contribution < 1.29 is 9.90 Å². The second kappa shape index (κ2) is 4.58. The molecular weight excluding hydrogens is 168 g/mol. The maximum Gasteiger partial charge on any atom is 0.239 e. The van der Waals surface area contributed by atoms with Crippen molar-refractivity contribution in [2.24, 2.45) is 5.73 Å². The van der Waals surface area contributed by atoms with Crippen molar-refractivity contribution in [3.63, 3.8) is 0 Å². The fourth-order valence-electron chi connectivity index (χ4n) is 1.70. The molecule has 0 radical (unpaired) electrons. The van der Waals surface area contributed by atoms with Crippen molar-refractivity contribution in [1.29, 1.82) is 0 Å². The van der Waals surface area contributed by atoms with Gasteiger partial charge in [-0.15, -0.1) is 0 Å². The zero-order valence-corrected chi connectivity index (χ0v) is 8.07. The van der Waals surface area contributed by atoms with Crippen molar-refractivity contribution in [3.8, 4) is 0 Å². The summed E-state index contributed by atoms with van der Waals surface area (Å²) in [4.78, 5) is 13.4. The number of aliphatic hydroxyl groups excluding tert-OH is 1. The molecule has 1 aliphatic heterocycles. The quantitative estimate of drug-likeness (QED) is 0.636. The van der Waals surface area contributed by atoms with E-state index in [0.29, 0.717) is 6.42 Å². The summed E-state index contributed by atoms with van der Waals surface area (Å²) in [6, 6.07) is -0.391. The Labute approximate surface area is 78.7 Å². The van der Waals surface area contributed by atoms with Gasteiger partial charge in [-0.25, -0.2) is 0 Å². The lowest BCUT2D eigenvalue weighted by Crippen LogP contribution is -2.46. The number of nitrogens with zero attached hydrogens (tertiary/aromatic N) is 1. The van der Waals surface area contributed by atoms with Gasteiger partial charge in [0, 0.05) is 6.54 Å². The van der Waals surface area contributed by atoms with E-state index in [0.717, 1.165) is 19.4 Å².